The number of sulfonamides is 1. The molecular formula is C18H23N3O6S. The van der Waals surface area contributed by atoms with E-state index in [9.17, 15) is 18.0 Å². The average Bonchev–Trinajstić information content (AvgIpc) is 2.62. The molecule has 0 aliphatic carbocycles. The number of pyridine rings is 1. The maximum Gasteiger partial charge on any atom is 0.407 e. The Hall–Kier alpha value is -2.72. The summed E-state index contributed by atoms with van der Waals surface area (Å²) in [5.41, 5.74) is -0.735. The molecule has 1 aromatic carbocycles. The lowest BCUT2D eigenvalue weighted by Gasteiger charge is -2.22. The summed E-state index contributed by atoms with van der Waals surface area (Å²) in [7, 11) is -2.97. The molecule has 0 saturated heterocycles. The van der Waals surface area contributed by atoms with Crippen molar-refractivity contribution in [2.45, 2.75) is 37.3 Å². The molecule has 2 aromatic rings. The summed E-state index contributed by atoms with van der Waals surface area (Å²) < 4.78 is 37.7. The normalized spacial score (nSPS) is 13.0. The first kappa shape index (κ1) is 21.6. The van der Waals surface area contributed by atoms with Crippen LogP contribution in [0.3, 0.4) is 0 Å². The van der Waals surface area contributed by atoms with Crippen LogP contribution >= 0.6 is 0 Å². The van der Waals surface area contributed by atoms with Crippen molar-refractivity contribution >= 4 is 32.9 Å². The number of alkyl carbamates (subject to hydrolysis) is 1. The molecular weight excluding hydrogens is 386 g/mol. The van der Waals surface area contributed by atoms with Gasteiger partial charge >= 0.3 is 12.1 Å². The summed E-state index contributed by atoms with van der Waals surface area (Å²) in [6, 6.07) is 4.95. The molecule has 0 saturated carbocycles. The smallest absolute Gasteiger partial charge is 0.407 e. The monoisotopic (exact) mass is 409 g/mol. The minimum atomic E-state index is -4.09. The van der Waals surface area contributed by atoms with Gasteiger partial charge in [0.1, 0.15) is 11.6 Å². The number of nitrogens with zero attached hydrogens (tertiary/aromatic N) is 1. The fraction of sp³-hybridized carbons (Fsp3) is 0.389. The third-order valence-electron chi connectivity index (χ3n) is 3.56. The number of carbonyl (C=O) groups excluding carboxylic acids is 2. The maximum absolute atomic E-state index is 12.9. The molecule has 28 heavy (non-hydrogen) atoms. The Morgan fingerprint density at radius 3 is 2.57 bits per heavy atom. The van der Waals surface area contributed by atoms with Gasteiger partial charge in [-0.3, -0.25) is 9.78 Å². The Balaban J connectivity index is 2.23. The molecule has 0 fully saturated rings. The van der Waals surface area contributed by atoms with Crippen LogP contribution in [0, 0.1) is 0 Å². The second-order valence-electron chi connectivity index (χ2n) is 6.93. The molecule has 1 amide bonds. The van der Waals surface area contributed by atoms with Crippen molar-refractivity contribution in [2.75, 3.05) is 13.7 Å². The van der Waals surface area contributed by atoms with Crippen LogP contribution in [0.15, 0.2) is 41.6 Å². The van der Waals surface area contributed by atoms with Gasteiger partial charge < -0.3 is 14.8 Å². The van der Waals surface area contributed by atoms with Crippen LogP contribution < -0.4 is 10.0 Å². The largest absolute Gasteiger partial charge is 0.468 e. The third-order valence-corrected chi connectivity index (χ3v) is 5.09. The molecule has 9 nitrogen and oxygen atoms in total. The zero-order valence-electron chi connectivity index (χ0n) is 16.1. The van der Waals surface area contributed by atoms with Crippen molar-refractivity contribution in [3.63, 3.8) is 0 Å². The molecule has 1 atom stereocenters. The van der Waals surface area contributed by atoms with Crippen LogP contribution in [0.25, 0.3) is 10.8 Å². The predicted molar refractivity (Wildman–Crippen MR) is 102 cm³/mol. The standard InChI is InChI=1S/C18H23N3O6S/c1-18(2,3)27-17(23)20-11-14(16(22)26-4)21-28(24,25)15-7-5-6-12-10-19-9-8-13(12)15/h5-10,14,21H,11H2,1-4H3,(H,20,23). The zero-order valence-corrected chi connectivity index (χ0v) is 16.9. The highest BCUT2D eigenvalue weighted by molar-refractivity contribution is 7.89. The molecule has 1 unspecified atom stereocenters. The van der Waals surface area contributed by atoms with Crippen molar-refractivity contribution in [2.24, 2.45) is 0 Å². The number of hydrogen-bond acceptors (Lipinski definition) is 7. The fourth-order valence-electron chi connectivity index (χ4n) is 2.39. The summed E-state index contributed by atoms with van der Waals surface area (Å²) in [4.78, 5) is 27.8. The first-order valence-corrected chi connectivity index (χ1v) is 9.91. The molecule has 0 aliphatic heterocycles. The minimum Gasteiger partial charge on any atom is -0.468 e. The van der Waals surface area contributed by atoms with Gasteiger partial charge in [0.25, 0.3) is 0 Å². The van der Waals surface area contributed by atoms with E-state index in [-0.39, 0.29) is 11.4 Å². The molecule has 2 rings (SSSR count). The van der Waals surface area contributed by atoms with E-state index in [4.69, 9.17) is 4.74 Å². The van der Waals surface area contributed by atoms with E-state index in [0.717, 1.165) is 7.11 Å². The van der Waals surface area contributed by atoms with E-state index in [0.29, 0.717) is 10.8 Å². The molecule has 0 bridgehead atoms. The van der Waals surface area contributed by atoms with Gasteiger partial charge in [-0.05, 0) is 32.9 Å². The van der Waals surface area contributed by atoms with E-state index in [2.05, 4.69) is 19.8 Å². The van der Waals surface area contributed by atoms with Gasteiger partial charge in [-0.2, -0.15) is 4.72 Å². The number of amides is 1. The lowest BCUT2D eigenvalue weighted by Crippen LogP contribution is -2.49. The second-order valence-corrected chi connectivity index (χ2v) is 8.62. The Kier molecular flexibility index (Phi) is 6.57. The average molecular weight is 409 g/mol. The lowest BCUT2D eigenvalue weighted by atomic mass is 10.2. The first-order chi connectivity index (χ1) is 13.0. The van der Waals surface area contributed by atoms with Crippen molar-refractivity contribution in [3.8, 4) is 0 Å². The SMILES string of the molecule is COC(=O)C(CNC(=O)OC(C)(C)C)NS(=O)(=O)c1cccc2cnccc12. The van der Waals surface area contributed by atoms with Crippen molar-refractivity contribution in [1.82, 2.24) is 15.0 Å². The van der Waals surface area contributed by atoms with Crippen molar-refractivity contribution in [3.05, 3.63) is 36.7 Å². The quantitative estimate of drug-likeness (QED) is 0.694. The highest BCUT2D eigenvalue weighted by Crippen LogP contribution is 2.22. The van der Waals surface area contributed by atoms with Crippen LogP contribution in [0.5, 0.6) is 0 Å². The zero-order chi connectivity index (χ0) is 20.9. The molecule has 1 aromatic heterocycles. The minimum absolute atomic E-state index is 0.0152. The number of aromatic nitrogens is 1. The van der Waals surface area contributed by atoms with Gasteiger partial charge in [0, 0.05) is 29.7 Å². The van der Waals surface area contributed by atoms with E-state index < -0.39 is 33.7 Å². The Morgan fingerprint density at radius 1 is 1.21 bits per heavy atom. The van der Waals surface area contributed by atoms with Gasteiger partial charge in [0.15, 0.2) is 0 Å². The topological polar surface area (TPSA) is 124 Å². The number of hydrogen-bond donors (Lipinski definition) is 2. The third kappa shape index (κ3) is 5.64. The summed E-state index contributed by atoms with van der Waals surface area (Å²) in [5, 5.41) is 3.45. The predicted octanol–water partition coefficient (Wildman–Crippen LogP) is 1.58. The number of esters is 1. The van der Waals surface area contributed by atoms with Gasteiger partial charge in [0.2, 0.25) is 10.0 Å². The van der Waals surface area contributed by atoms with Crippen LogP contribution in [0.4, 0.5) is 4.79 Å². The maximum atomic E-state index is 12.9. The van der Waals surface area contributed by atoms with Crippen molar-refractivity contribution in [1.29, 1.82) is 0 Å². The molecule has 152 valence electrons. The molecule has 0 radical (unpaired) electrons. The number of fused-ring (bicyclic) bond motifs is 1. The van der Waals surface area contributed by atoms with Crippen LogP contribution in [0.1, 0.15) is 20.8 Å². The Bertz CT molecular complexity index is 963. The molecule has 1 heterocycles. The highest BCUT2D eigenvalue weighted by atomic mass is 32.2. The Morgan fingerprint density at radius 2 is 1.93 bits per heavy atom. The van der Waals surface area contributed by atoms with E-state index in [1.165, 1.54) is 18.5 Å². The number of ether oxygens (including phenoxy) is 2. The van der Waals surface area contributed by atoms with Crippen molar-refractivity contribution < 1.29 is 27.5 Å². The molecule has 0 spiro atoms. The van der Waals surface area contributed by atoms with Gasteiger partial charge in [-0.25, -0.2) is 13.2 Å². The van der Waals surface area contributed by atoms with Gasteiger partial charge in [-0.15, -0.1) is 0 Å². The Labute approximate surface area is 163 Å². The van der Waals surface area contributed by atoms with E-state index in [1.54, 1.807) is 39.0 Å². The van der Waals surface area contributed by atoms with Gasteiger partial charge in [0.05, 0.1) is 12.0 Å². The fourth-order valence-corrected chi connectivity index (χ4v) is 3.81. The summed E-state index contributed by atoms with van der Waals surface area (Å²) in [6.45, 7) is 4.71. The highest BCUT2D eigenvalue weighted by Gasteiger charge is 2.28. The van der Waals surface area contributed by atoms with E-state index >= 15 is 0 Å². The summed E-state index contributed by atoms with van der Waals surface area (Å²) >= 11 is 0. The molecule has 0 aliphatic rings. The number of carbonyl (C=O) groups is 2. The lowest BCUT2D eigenvalue weighted by molar-refractivity contribution is -0.142. The molecule has 2 N–H and O–H groups in total. The van der Waals surface area contributed by atoms with Crippen LogP contribution in [-0.2, 0) is 24.3 Å². The number of rotatable bonds is 6. The van der Waals surface area contributed by atoms with Crippen LogP contribution in [-0.4, -0.2) is 50.8 Å². The number of benzene rings is 1. The molecule has 10 heteroatoms. The van der Waals surface area contributed by atoms with E-state index in [1.807, 2.05) is 0 Å². The number of nitrogens with one attached hydrogen (secondary N) is 2. The van der Waals surface area contributed by atoms with Gasteiger partial charge in [-0.1, -0.05) is 12.1 Å². The summed E-state index contributed by atoms with van der Waals surface area (Å²) in [6.07, 6.45) is 2.23. The number of methoxy groups -OCH3 is 1. The second kappa shape index (κ2) is 8.53. The van der Waals surface area contributed by atoms with Crippen LogP contribution in [0.2, 0.25) is 0 Å². The first-order valence-electron chi connectivity index (χ1n) is 8.43. The summed E-state index contributed by atoms with van der Waals surface area (Å²) in [5.74, 6) is -0.846.